The Hall–Kier alpha value is -3.16. The van der Waals surface area contributed by atoms with Gasteiger partial charge in [0.1, 0.15) is 12.3 Å². The summed E-state index contributed by atoms with van der Waals surface area (Å²) in [5, 5.41) is 17.7. The summed E-state index contributed by atoms with van der Waals surface area (Å²) in [5.41, 5.74) is 8.38. The van der Waals surface area contributed by atoms with Gasteiger partial charge >= 0.3 is 5.97 Å². The van der Waals surface area contributed by atoms with Gasteiger partial charge < -0.3 is 10.1 Å². The van der Waals surface area contributed by atoms with Crippen LogP contribution in [-0.2, 0) is 16.1 Å². The number of aromatic amines is 1. The molecule has 2 fully saturated rings. The fourth-order valence-corrected chi connectivity index (χ4v) is 5.90. The molecule has 0 bridgehead atoms. The van der Waals surface area contributed by atoms with Crippen molar-refractivity contribution >= 4 is 28.5 Å². The molecule has 2 aliphatic rings. The van der Waals surface area contributed by atoms with Gasteiger partial charge in [0.2, 0.25) is 0 Å². The number of aryl methyl sites for hydroxylation is 1. The lowest BCUT2D eigenvalue weighted by molar-refractivity contribution is -0.142. The standard InChI is InChI=1S/C27H28ClN5O2/c1-15-8-22-21(11-30-31-22)24(25(15)28)23-16(2)33(20-9-27(10-20)13-29-14-27)32-26(23)19-6-4-18(5-7-19)12-35-17(3)34/h4-8,11,20,29H,9-10,12-14H2,1-3H3,(H,30,31). The highest BCUT2D eigenvalue weighted by Gasteiger charge is 2.50. The number of esters is 1. The molecule has 1 aliphatic carbocycles. The number of aromatic nitrogens is 4. The SMILES string of the molecule is CC(=O)OCc1ccc(-c2nn(C3CC4(CNC4)C3)c(C)c2-c2c(Cl)c(C)cc3[nH]ncc23)cc1. The zero-order valence-corrected chi connectivity index (χ0v) is 20.9. The van der Waals surface area contributed by atoms with Crippen molar-refractivity contribution < 1.29 is 9.53 Å². The van der Waals surface area contributed by atoms with Gasteiger partial charge in [-0.2, -0.15) is 10.2 Å². The molecule has 8 heteroatoms. The fourth-order valence-electron chi connectivity index (χ4n) is 5.64. The molecule has 0 radical (unpaired) electrons. The fraction of sp³-hybridized carbons (Fsp3) is 0.370. The molecule has 0 atom stereocenters. The van der Waals surface area contributed by atoms with Crippen LogP contribution in [0.2, 0.25) is 5.02 Å². The van der Waals surface area contributed by atoms with Crippen LogP contribution in [0.3, 0.4) is 0 Å². The summed E-state index contributed by atoms with van der Waals surface area (Å²) in [6, 6.07) is 10.5. The van der Waals surface area contributed by atoms with Crippen molar-refractivity contribution in [2.45, 2.75) is 46.3 Å². The number of H-pyrrole nitrogens is 1. The van der Waals surface area contributed by atoms with E-state index in [4.69, 9.17) is 21.4 Å². The first-order valence-corrected chi connectivity index (χ1v) is 12.4. The van der Waals surface area contributed by atoms with E-state index in [0.717, 1.165) is 81.1 Å². The lowest BCUT2D eigenvalue weighted by atomic mass is 9.61. The van der Waals surface area contributed by atoms with Crippen LogP contribution < -0.4 is 5.32 Å². The molecule has 2 aromatic heterocycles. The van der Waals surface area contributed by atoms with Crippen molar-refractivity contribution in [3.63, 3.8) is 0 Å². The Bertz CT molecular complexity index is 1440. The first-order valence-electron chi connectivity index (χ1n) is 12.0. The van der Waals surface area contributed by atoms with Crippen LogP contribution in [0.5, 0.6) is 0 Å². The van der Waals surface area contributed by atoms with E-state index in [0.29, 0.717) is 11.5 Å². The smallest absolute Gasteiger partial charge is 0.302 e. The van der Waals surface area contributed by atoms with E-state index in [2.05, 4.69) is 27.1 Å². The van der Waals surface area contributed by atoms with Crippen molar-refractivity contribution in [1.82, 2.24) is 25.3 Å². The predicted octanol–water partition coefficient (Wildman–Crippen LogP) is 5.35. The average molecular weight is 490 g/mol. The second-order valence-electron chi connectivity index (χ2n) is 10.1. The van der Waals surface area contributed by atoms with Gasteiger partial charge in [-0.3, -0.25) is 14.6 Å². The van der Waals surface area contributed by atoms with E-state index in [1.54, 1.807) is 0 Å². The minimum Gasteiger partial charge on any atom is -0.461 e. The molecule has 180 valence electrons. The van der Waals surface area contributed by atoms with Crippen LogP contribution in [0.1, 0.15) is 42.6 Å². The number of hydrogen-bond acceptors (Lipinski definition) is 5. The maximum absolute atomic E-state index is 11.2. The van der Waals surface area contributed by atoms with Crippen LogP contribution in [0.4, 0.5) is 0 Å². The zero-order chi connectivity index (χ0) is 24.3. The number of carbonyl (C=O) groups is 1. The number of fused-ring (bicyclic) bond motifs is 1. The third-order valence-corrected chi connectivity index (χ3v) is 8.10. The van der Waals surface area contributed by atoms with Crippen molar-refractivity contribution in [1.29, 1.82) is 0 Å². The largest absolute Gasteiger partial charge is 0.461 e. The molecule has 1 aliphatic heterocycles. The average Bonchev–Trinajstić information content (AvgIpc) is 3.37. The van der Waals surface area contributed by atoms with E-state index in [-0.39, 0.29) is 12.6 Å². The lowest BCUT2D eigenvalue weighted by Crippen LogP contribution is -2.60. The lowest BCUT2D eigenvalue weighted by Gasteiger charge is -2.54. The third kappa shape index (κ3) is 3.65. The van der Waals surface area contributed by atoms with Crippen LogP contribution in [-0.4, -0.2) is 39.0 Å². The molecule has 1 saturated carbocycles. The predicted molar refractivity (Wildman–Crippen MR) is 136 cm³/mol. The molecular formula is C27H28ClN5O2. The normalized spacial score (nSPS) is 16.9. The maximum atomic E-state index is 11.2. The second kappa shape index (κ2) is 8.21. The monoisotopic (exact) mass is 489 g/mol. The first kappa shape index (κ1) is 22.3. The number of nitrogens with zero attached hydrogens (tertiary/aromatic N) is 3. The molecule has 6 rings (SSSR count). The topological polar surface area (TPSA) is 84.8 Å². The highest BCUT2D eigenvalue weighted by atomic mass is 35.5. The van der Waals surface area contributed by atoms with Crippen LogP contribution in [0, 0.1) is 19.3 Å². The van der Waals surface area contributed by atoms with Gasteiger partial charge in [-0.15, -0.1) is 0 Å². The molecule has 1 spiro atoms. The van der Waals surface area contributed by atoms with Gasteiger partial charge in [0, 0.05) is 47.8 Å². The second-order valence-corrected chi connectivity index (χ2v) is 10.5. The Kier molecular flexibility index (Phi) is 5.23. The van der Waals surface area contributed by atoms with Crippen LogP contribution >= 0.6 is 11.6 Å². The molecule has 0 amide bonds. The molecule has 4 aromatic rings. The Balaban J connectivity index is 1.49. The molecular weight excluding hydrogens is 462 g/mol. The van der Waals surface area contributed by atoms with E-state index in [1.165, 1.54) is 6.92 Å². The minimum atomic E-state index is -0.288. The van der Waals surface area contributed by atoms with Gasteiger partial charge in [0.05, 0.1) is 22.8 Å². The van der Waals surface area contributed by atoms with E-state index < -0.39 is 0 Å². The molecule has 0 unspecified atom stereocenters. The molecule has 1 saturated heterocycles. The van der Waals surface area contributed by atoms with Crippen molar-refractivity contribution in [3.05, 3.63) is 58.4 Å². The molecule has 3 heterocycles. The number of nitrogens with one attached hydrogen (secondary N) is 2. The molecule has 2 aromatic carbocycles. The van der Waals surface area contributed by atoms with E-state index in [1.807, 2.05) is 43.5 Å². The number of halogens is 1. The van der Waals surface area contributed by atoms with Gasteiger partial charge in [-0.05, 0) is 49.3 Å². The van der Waals surface area contributed by atoms with Crippen molar-refractivity contribution in [3.8, 4) is 22.4 Å². The molecule has 2 N–H and O–H groups in total. The van der Waals surface area contributed by atoms with Gasteiger partial charge in [-0.25, -0.2) is 0 Å². The van der Waals surface area contributed by atoms with Gasteiger partial charge in [-0.1, -0.05) is 35.9 Å². The number of benzene rings is 2. The molecule has 35 heavy (non-hydrogen) atoms. The Morgan fingerprint density at radius 2 is 1.94 bits per heavy atom. The minimum absolute atomic E-state index is 0.257. The zero-order valence-electron chi connectivity index (χ0n) is 20.1. The summed E-state index contributed by atoms with van der Waals surface area (Å²) in [4.78, 5) is 11.2. The summed E-state index contributed by atoms with van der Waals surface area (Å²) >= 11 is 6.97. The van der Waals surface area contributed by atoms with Crippen LogP contribution in [0.25, 0.3) is 33.3 Å². The Morgan fingerprint density at radius 1 is 1.20 bits per heavy atom. The van der Waals surface area contributed by atoms with Crippen molar-refractivity contribution in [2.24, 2.45) is 5.41 Å². The van der Waals surface area contributed by atoms with E-state index in [9.17, 15) is 4.79 Å². The van der Waals surface area contributed by atoms with Crippen LogP contribution in [0.15, 0.2) is 36.5 Å². The number of rotatable bonds is 5. The quantitative estimate of drug-likeness (QED) is 0.369. The number of hydrogen-bond donors (Lipinski definition) is 2. The molecule has 7 nitrogen and oxygen atoms in total. The first-order chi connectivity index (χ1) is 16.8. The summed E-state index contributed by atoms with van der Waals surface area (Å²) < 4.78 is 7.37. The summed E-state index contributed by atoms with van der Waals surface area (Å²) in [6.07, 6.45) is 4.13. The summed E-state index contributed by atoms with van der Waals surface area (Å²) in [5.74, 6) is -0.288. The highest BCUT2D eigenvalue weighted by molar-refractivity contribution is 6.36. The number of ether oxygens (including phenoxy) is 1. The van der Waals surface area contributed by atoms with Gasteiger partial charge in [0.25, 0.3) is 0 Å². The maximum Gasteiger partial charge on any atom is 0.302 e. The summed E-state index contributed by atoms with van der Waals surface area (Å²) in [7, 11) is 0. The third-order valence-electron chi connectivity index (χ3n) is 7.62. The Labute approximate surface area is 208 Å². The number of carbonyl (C=O) groups excluding carboxylic acids is 1. The van der Waals surface area contributed by atoms with Gasteiger partial charge in [0.15, 0.2) is 0 Å². The summed E-state index contributed by atoms with van der Waals surface area (Å²) in [6.45, 7) is 8.06. The van der Waals surface area contributed by atoms with E-state index >= 15 is 0 Å². The van der Waals surface area contributed by atoms with Crippen molar-refractivity contribution in [2.75, 3.05) is 13.1 Å². The highest BCUT2D eigenvalue weighted by Crippen LogP contribution is 2.53. The Morgan fingerprint density at radius 3 is 2.60 bits per heavy atom.